The third-order valence-electron chi connectivity index (χ3n) is 2.73. The van der Waals surface area contributed by atoms with Crippen molar-refractivity contribution in [1.82, 2.24) is 0 Å². The van der Waals surface area contributed by atoms with Crippen LogP contribution in [0.25, 0.3) is 12.2 Å². The molecule has 0 radical (unpaired) electrons. The molecule has 0 aliphatic carbocycles. The molecule has 0 heterocycles. The Morgan fingerprint density at radius 2 is 1.56 bits per heavy atom. The second-order valence-corrected chi connectivity index (χ2v) is 3.95. The van der Waals surface area contributed by atoms with Crippen molar-refractivity contribution < 1.29 is 4.79 Å². The molecule has 0 saturated carbocycles. The van der Waals surface area contributed by atoms with Gasteiger partial charge in [-0.3, -0.25) is 0 Å². The number of isocyanates is 1. The molecule has 2 nitrogen and oxygen atoms in total. The highest BCUT2D eigenvalue weighted by molar-refractivity contribution is 5.77. The van der Waals surface area contributed by atoms with Gasteiger partial charge in [-0.05, 0) is 24.1 Å². The van der Waals surface area contributed by atoms with Crippen molar-refractivity contribution in [2.24, 2.45) is 4.99 Å². The molecule has 88 valence electrons. The van der Waals surface area contributed by atoms with Crippen LogP contribution in [0.4, 0.5) is 5.69 Å². The molecule has 18 heavy (non-hydrogen) atoms. The Kier molecular flexibility index (Phi) is 3.85. The number of rotatable bonds is 3. The van der Waals surface area contributed by atoms with E-state index in [1.54, 1.807) is 12.1 Å². The molecule has 0 N–H and O–H groups in total. The summed E-state index contributed by atoms with van der Waals surface area (Å²) in [7, 11) is 0. The summed E-state index contributed by atoms with van der Waals surface area (Å²) in [6.45, 7) is 2.06. The molecule has 2 aromatic carbocycles. The van der Waals surface area contributed by atoms with Crippen molar-refractivity contribution in [3.05, 3.63) is 65.2 Å². The number of aryl methyl sites for hydroxylation is 1. The average Bonchev–Trinajstić information content (AvgIpc) is 2.40. The minimum Gasteiger partial charge on any atom is -0.211 e. The SMILES string of the molecule is Cc1ccccc1C=Cc1ccccc1N=C=O. The van der Waals surface area contributed by atoms with E-state index in [-0.39, 0.29) is 0 Å². The van der Waals surface area contributed by atoms with Gasteiger partial charge in [0.2, 0.25) is 6.08 Å². The first-order chi connectivity index (χ1) is 8.81. The Labute approximate surface area is 106 Å². The van der Waals surface area contributed by atoms with Gasteiger partial charge in [0, 0.05) is 5.56 Å². The lowest BCUT2D eigenvalue weighted by Crippen LogP contribution is -1.78. The minimum absolute atomic E-state index is 0.636. The lowest BCUT2D eigenvalue weighted by Gasteiger charge is -2.00. The molecule has 0 atom stereocenters. The lowest BCUT2D eigenvalue weighted by atomic mass is 10.1. The van der Waals surface area contributed by atoms with Gasteiger partial charge in [0.15, 0.2) is 0 Å². The summed E-state index contributed by atoms with van der Waals surface area (Å²) in [4.78, 5) is 14.0. The highest BCUT2D eigenvalue weighted by Gasteiger charge is 1.96. The number of hydrogen-bond acceptors (Lipinski definition) is 2. The number of benzene rings is 2. The van der Waals surface area contributed by atoms with E-state index in [1.807, 2.05) is 42.5 Å². The minimum atomic E-state index is 0.636. The summed E-state index contributed by atoms with van der Waals surface area (Å²) < 4.78 is 0. The maximum atomic E-state index is 10.3. The monoisotopic (exact) mass is 235 g/mol. The van der Waals surface area contributed by atoms with Crippen LogP contribution in [0.1, 0.15) is 16.7 Å². The normalized spacial score (nSPS) is 10.3. The molecule has 0 aliphatic heterocycles. The van der Waals surface area contributed by atoms with E-state index >= 15 is 0 Å². The Balaban J connectivity index is 2.35. The van der Waals surface area contributed by atoms with Crippen LogP contribution in [0.2, 0.25) is 0 Å². The number of hydrogen-bond donors (Lipinski definition) is 0. The van der Waals surface area contributed by atoms with E-state index in [1.165, 1.54) is 5.56 Å². The smallest absolute Gasteiger partial charge is 0.211 e. The topological polar surface area (TPSA) is 29.4 Å². The molecule has 0 spiro atoms. The van der Waals surface area contributed by atoms with Gasteiger partial charge < -0.3 is 0 Å². The van der Waals surface area contributed by atoms with Crippen molar-refractivity contribution in [3.8, 4) is 0 Å². The van der Waals surface area contributed by atoms with Gasteiger partial charge in [-0.25, -0.2) is 4.79 Å². The first-order valence-electron chi connectivity index (χ1n) is 5.72. The molecule has 0 amide bonds. The Morgan fingerprint density at radius 1 is 0.944 bits per heavy atom. The number of nitrogens with zero attached hydrogens (tertiary/aromatic N) is 1. The maximum Gasteiger partial charge on any atom is 0.240 e. The fraction of sp³-hybridized carbons (Fsp3) is 0.0625. The molecule has 0 fully saturated rings. The Morgan fingerprint density at radius 3 is 2.28 bits per heavy atom. The summed E-state index contributed by atoms with van der Waals surface area (Å²) >= 11 is 0. The summed E-state index contributed by atoms with van der Waals surface area (Å²) in [6.07, 6.45) is 5.55. The summed E-state index contributed by atoms with van der Waals surface area (Å²) in [6, 6.07) is 15.6. The van der Waals surface area contributed by atoms with Gasteiger partial charge in [0.25, 0.3) is 0 Å². The fourth-order valence-corrected chi connectivity index (χ4v) is 1.73. The van der Waals surface area contributed by atoms with Crippen LogP contribution < -0.4 is 0 Å². The second kappa shape index (κ2) is 5.76. The predicted molar refractivity (Wildman–Crippen MR) is 74.3 cm³/mol. The van der Waals surface area contributed by atoms with Gasteiger partial charge in [-0.1, -0.05) is 54.6 Å². The van der Waals surface area contributed by atoms with Crippen molar-refractivity contribution in [2.75, 3.05) is 0 Å². The molecule has 0 saturated heterocycles. The highest BCUT2D eigenvalue weighted by atomic mass is 16.1. The highest BCUT2D eigenvalue weighted by Crippen LogP contribution is 2.21. The van der Waals surface area contributed by atoms with Crippen molar-refractivity contribution in [2.45, 2.75) is 6.92 Å². The van der Waals surface area contributed by atoms with Gasteiger partial charge >= 0.3 is 0 Å². The Bertz CT molecular complexity index is 622. The number of carbonyl (C=O) groups excluding carboxylic acids is 1. The first kappa shape index (κ1) is 12.0. The molecule has 0 aliphatic rings. The number of para-hydroxylation sites is 1. The van der Waals surface area contributed by atoms with Gasteiger partial charge in [-0.2, -0.15) is 4.99 Å². The van der Waals surface area contributed by atoms with E-state index in [4.69, 9.17) is 0 Å². The largest absolute Gasteiger partial charge is 0.240 e. The standard InChI is InChI=1S/C16H13NO/c1-13-6-2-3-7-14(13)10-11-15-8-4-5-9-16(15)17-12-18/h2-11H,1H3. The fourth-order valence-electron chi connectivity index (χ4n) is 1.73. The molecule has 2 aromatic rings. The second-order valence-electron chi connectivity index (χ2n) is 3.95. The summed E-state index contributed by atoms with van der Waals surface area (Å²) in [5, 5.41) is 0. The average molecular weight is 235 g/mol. The zero-order chi connectivity index (χ0) is 12.8. The Hall–Kier alpha value is -2.44. The van der Waals surface area contributed by atoms with Crippen LogP contribution >= 0.6 is 0 Å². The molecule has 0 bridgehead atoms. The van der Waals surface area contributed by atoms with Crippen LogP contribution in [0.3, 0.4) is 0 Å². The van der Waals surface area contributed by atoms with Crippen molar-refractivity contribution in [1.29, 1.82) is 0 Å². The van der Waals surface area contributed by atoms with E-state index < -0.39 is 0 Å². The van der Waals surface area contributed by atoms with Gasteiger partial charge in [0.1, 0.15) is 0 Å². The third-order valence-corrected chi connectivity index (χ3v) is 2.73. The zero-order valence-corrected chi connectivity index (χ0v) is 10.1. The van der Waals surface area contributed by atoms with E-state index in [0.717, 1.165) is 11.1 Å². The van der Waals surface area contributed by atoms with E-state index in [9.17, 15) is 4.79 Å². The van der Waals surface area contributed by atoms with Crippen LogP contribution in [0.5, 0.6) is 0 Å². The molecular formula is C16H13NO. The molecule has 2 rings (SSSR count). The summed E-state index contributed by atoms with van der Waals surface area (Å²) in [5.41, 5.74) is 3.91. The van der Waals surface area contributed by atoms with E-state index in [0.29, 0.717) is 5.69 Å². The molecule has 2 heteroatoms. The molecule has 0 unspecified atom stereocenters. The van der Waals surface area contributed by atoms with Crippen molar-refractivity contribution in [3.63, 3.8) is 0 Å². The van der Waals surface area contributed by atoms with Crippen LogP contribution in [-0.4, -0.2) is 6.08 Å². The van der Waals surface area contributed by atoms with Crippen LogP contribution in [-0.2, 0) is 4.79 Å². The number of aliphatic imine (C=N–C) groups is 1. The third kappa shape index (κ3) is 2.82. The molecule has 0 aromatic heterocycles. The first-order valence-corrected chi connectivity index (χ1v) is 5.72. The molecular weight excluding hydrogens is 222 g/mol. The quantitative estimate of drug-likeness (QED) is 0.446. The van der Waals surface area contributed by atoms with Gasteiger partial charge in [-0.15, -0.1) is 0 Å². The predicted octanol–water partition coefficient (Wildman–Crippen LogP) is 4.13. The van der Waals surface area contributed by atoms with Gasteiger partial charge in [0.05, 0.1) is 5.69 Å². The van der Waals surface area contributed by atoms with Crippen molar-refractivity contribution >= 4 is 23.9 Å². The zero-order valence-electron chi connectivity index (χ0n) is 10.1. The van der Waals surface area contributed by atoms with Crippen LogP contribution in [0.15, 0.2) is 53.5 Å². The lowest BCUT2D eigenvalue weighted by molar-refractivity contribution is 0.565. The summed E-state index contributed by atoms with van der Waals surface area (Å²) in [5.74, 6) is 0. The maximum absolute atomic E-state index is 10.3. The van der Waals surface area contributed by atoms with E-state index in [2.05, 4.69) is 24.0 Å². The van der Waals surface area contributed by atoms with Crippen LogP contribution in [0, 0.1) is 6.92 Å².